The smallest absolute Gasteiger partial charge is 0.215 e. The molecule has 0 fully saturated rings. The Balaban J connectivity index is 1.82. The number of hydrogen-bond donors (Lipinski definition) is 2. The van der Waals surface area contributed by atoms with E-state index in [1.54, 1.807) is 36.4 Å². The minimum atomic E-state index is -3.39. The van der Waals surface area contributed by atoms with E-state index in [0.717, 1.165) is 5.56 Å². The fourth-order valence-corrected chi connectivity index (χ4v) is 3.15. The van der Waals surface area contributed by atoms with Crippen molar-refractivity contribution in [2.45, 2.75) is 5.75 Å². The van der Waals surface area contributed by atoms with Gasteiger partial charge >= 0.3 is 0 Å². The summed E-state index contributed by atoms with van der Waals surface area (Å²) in [5.41, 5.74) is 0.854. The molecule has 6 nitrogen and oxygen atoms in total. The van der Waals surface area contributed by atoms with E-state index >= 15 is 0 Å². The molecule has 0 unspecified atom stereocenters. The first-order valence-corrected chi connectivity index (χ1v) is 8.85. The fraction of sp³-hybridized carbons (Fsp3) is 0.200. The van der Waals surface area contributed by atoms with Crippen molar-refractivity contribution in [3.8, 4) is 6.07 Å². The van der Waals surface area contributed by atoms with Gasteiger partial charge in [0, 0.05) is 13.1 Å². The lowest BCUT2D eigenvalue weighted by Gasteiger charge is -2.09. The summed E-state index contributed by atoms with van der Waals surface area (Å²) >= 11 is 5.79. The average molecular weight is 351 g/mol. The highest BCUT2D eigenvalue weighted by Crippen LogP contribution is 2.15. The molecule has 8 heteroatoms. The minimum Gasteiger partial charge on any atom is -0.369 e. The van der Waals surface area contributed by atoms with E-state index < -0.39 is 10.0 Å². The molecule has 2 aromatic rings. The maximum absolute atomic E-state index is 11.9. The second-order valence-electron chi connectivity index (χ2n) is 4.70. The van der Waals surface area contributed by atoms with Crippen molar-refractivity contribution < 1.29 is 8.42 Å². The van der Waals surface area contributed by atoms with Gasteiger partial charge in [-0.05, 0) is 17.7 Å². The summed E-state index contributed by atoms with van der Waals surface area (Å²) in [6, 6.07) is 14.0. The number of pyridine rings is 1. The second kappa shape index (κ2) is 7.92. The largest absolute Gasteiger partial charge is 0.369 e. The van der Waals surface area contributed by atoms with Crippen LogP contribution in [0.25, 0.3) is 0 Å². The van der Waals surface area contributed by atoms with Crippen LogP contribution in [0.1, 0.15) is 11.3 Å². The number of nitrogens with zero attached hydrogens (tertiary/aromatic N) is 2. The molecule has 1 heterocycles. The monoisotopic (exact) mass is 350 g/mol. The molecule has 0 saturated carbocycles. The van der Waals surface area contributed by atoms with Gasteiger partial charge in [-0.3, -0.25) is 0 Å². The van der Waals surface area contributed by atoms with Crippen LogP contribution in [0.15, 0.2) is 42.5 Å². The van der Waals surface area contributed by atoms with Crippen molar-refractivity contribution in [3.63, 3.8) is 0 Å². The summed E-state index contributed by atoms with van der Waals surface area (Å²) < 4.78 is 26.4. The van der Waals surface area contributed by atoms with E-state index in [2.05, 4.69) is 15.0 Å². The van der Waals surface area contributed by atoms with Crippen LogP contribution >= 0.6 is 11.6 Å². The van der Waals surface area contributed by atoms with E-state index in [0.29, 0.717) is 12.4 Å². The zero-order chi connectivity index (χ0) is 16.7. The van der Waals surface area contributed by atoms with Crippen molar-refractivity contribution in [1.82, 2.24) is 9.71 Å². The Bertz CT molecular complexity index is 804. The van der Waals surface area contributed by atoms with Crippen molar-refractivity contribution in [2.75, 3.05) is 18.4 Å². The Morgan fingerprint density at radius 2 is 1.87 bits per heavy atom. The number of rotatable bonds is 7. The number of hydrogen-bond acceptors (Lipinski definition) is 5. The third kappa shape index (κ3) is 5.53. The molecule has 0 saturated heterocycles. The van der Waals surface area contributed by atoms with Crippen molar-refractivity contribution in [2.24, 2.45) is 0 Å². The van der Waals surface area contributed by atoms with Gasteiger partial charge in [-0.1, -0.05) is 41.9 Å². The number of nitrogens with one attached hydrogen (secondary N) is 2. The summed E-state index contributed by atoms with van der Waals surface area (Å²) in [6.07, 6.45) is 0. The highest BCUT2D eigenvalue weighted by molar-refractivity contribution is 7.88. The highest BCUT2D eigenvalue weighted by Gasteiger charge is 2.10. The molecule has 2 N–H and O–H groups in total. The predicted octanol–water partition coefficient (Wildman–Crippen LogP) is 2.14. The molecule has 0 aliphatic rings. The lowest BCUT2D eigenvalue weighted by atomic mass is 10.2. The van der Waals surface area contributed by atoms with Gasteiger partial charge in [-0.2, -0.15) is 5.26 Å². The quantitative estimate of drug-likeness (QED) is 0.746. The average Bonchev–Trinajstić information content (AvgIpc) is 2.53. The van der Waals surface area contributed by atoms with Gasteiger partial charge in [-0.25, -0.2) is 18.1 Å². The molecule has 0 atom stereocenters. The topological polar surface area (TPSA) is 94.9 Å². The van der Waals surface area contributed by atoms with E-state index in [-0.39, 0.29) is 23.0 Å². The molecule has 120 valence electrons. The highest BCUT2D eigenvalue weighted by atomic mass is 35.5. The van der Waals surface area contributed by atoms with E-state index in [1.165, 1.54) is 0 Å². The zero-order valence-electron chi connectivity index (χ0n) is 12.2. The molecule has 0 radical (unpaired) electrons. The van der Waals surface area contributed by atoms with E-state index in [4.69, 9.17) is 16.9 Å². The number of halogens is 1. The maximum Gasteiger partial charge on any atom is 0.215 e. The van der Waals surface area contributed by atoms with Gasteiger partial charge in [0.25, 0.3) is 0 Å². The molecule has 0 amide bonds. The Hall–Kier alpha value is -2.14. The fourth-order valence-electron chi connectivity index (χ4n) is 1.86. The van der Waals surface area contributed by atoms with Gasteiger partial charge in [0.1, 0.15) is 11.9 Å². The Morgan fingerprint density at radius 1 is 1.13 bits per heavy atom. The molecule has 23 heavy (non-hydrogen) atoms. The summed E-state index contributed by atoms with van der Waals surface area (Å²) in [4.78, 5) is 4.01. The molecular weight excluding hydrogens is 336 g/mol. The summed E-state index contributed by atoms with van der Waals surface area (Å²) in [6.45, 7) is 0.550. The van der Waals surface area contributed by atoms with Crippen molar-refractivity contribution in [3.05, 3.63) is 58.7 Å². The Kier molecular flexibility index (Phi) is 5.93. The van der Waals surface area contributed by atoms with Crippen LogP contribution in [-0.4, -0.2) is 26.5 Å². The van der Waals surface area contributed by atoms with E-state index in [1.807, 2.05) is 12.1 Å². The first-order valence-electron chi connectivity index (χ1n) is 6.82. The molecule has 0 aliphatic carbocycles. The van der Waals surface area contributed by atoms with Crippen LogP contribution in [0.3, 0.4) is 0 Å². The second-order valence-corrected chi connectivity index (χ2v) is 6.92. The minimum absolute atomic E-state index is 0.0639. The van der Waals surface area contributed by atoms with Crippen molar-refractivity contribution >= 4 is 27.4 Å². The van der Waals surface area contributed by atoms with Crippen molar-refractivity contribution in [1.29, 1.82) is 5.26 Å². The van der Waals surface area contributed by atoms with Crippen LogP contribution in [0.4, 0.5) is 5.82 Å². The SMILES string of the molecule is N#Cc1nc(NCCNS(=O)(=O)Cc2ccccc2)ccc1Cl. The molecular formula is C15H15ClN4O2S. The molecule has 0 aliphatic heterocycles. The van der Waals surface area contributed by atoms with Crippen LogP contribution in [0.5, 0.6) is 0 Å². The van der Waals surface area contributed by atoms with E-state index in [9.17, 15) is 8.42 Å². The van der Waals surface area contributed by atoms with Gasteiger partial charge < -0.3 is 5.32 Å². The lowest BCUT2D eigenvalue weighted by molar-refractivity contribution is 0.582. The maximum atomic E-state index is 11.9. The van der Waals surface area contributed by atoms with Crippen LogP contribution in [0.2, 0.25) is 5.02 Å². The summed E-state index contributed by atoms with van der Waals surface area (Å²) in [7, 11) is -3.39. The molecule has 1 aromatic heterocycles. The molecule has 0 bridgehead atoms. The van der Waals surface area contributed by atoms with Gasteiger partial charge in [-0.15, -0.1) is 0 Å². The third-order valence-corrected chi connectivity index (χ3v) is 4.57. The van der Waals surface area contributed by atoms with Gasteiger partial charge in [0.05, 0.1) is 10.8 Å². The molecule has 1 aromatic carbocycles. The Morgan fingerprint density at radius 3 is 2.57 bits per heavy atom. The lowest BCUT2D eigenvalue weighted by Crippen LogP contribution is -2.30. The Labute approximate surface area is 140 Å². The van der Waals surface area contributed by atoms with Crippen LogP contribution in [0, 0.1) is 11.3 Å². The standard InChI is InChI=1S/C15H15ClN4O2S/c16-13-6-7-15(20-14(13)10-17)18-8-9-19-23(21,22)11-12-4-2-1-3-5-12/h1-7,19H,8-9,11H2,(H,18,20). The molecule has 2 rings (SSSR count). The van der Waals surface area contributed by atoms with Crippen LogP contribution < -0.4 is 10.0 Å². The number of nitriles is 1. The van der Waals surface area contributed by atoms with Gasteiger partial charge in [0.15, 0.2) is 5.69 Å². The number of aromatic nitrogens is 1. The first kappa shape index (κ1) is 17.2. The van der Waals surface area contributed by atoms with Crippen LogP contribution in [-0.2, 0) is 15.8 Å². The normalized spacial score (nSPS) is 11.0. The number of anilines is 1. The number of benzene rings is 1. The number of sulfonamides is 1. The predicted molar refractivity (Wildman–Crippen MR) is 89.5 cm³/mol. The molecule has 0 spiro atoms. The summed E-state index contributed by atoms with van der Waals surface area (Å²) in [5.74, 6) is 0.402. The zero-order valence-corrected chi connectivity index (χ0v) is 13.7. The third-order valence-electron chi connectivity index (χ3n) is 2.90. The summed E-state index contributed by atoms with van der Waals surface area (Å²) in [5, 5.41) is 12.1. The first-order chi connectivity index (χ1) is 11.0. The van der Waals surface area contributed by atoms with Gasteiger partial charge in [0.2, 0.25) is 10.0 Å².